The fourth-order valence-corrected chi connectivity index (χ4v) is 0.539. The first-order valence-electron chi connectivity index (χ1n) is 3.02. The van der Waals surface area contributed by atoms with Gasteiger partial charge in [-0.3, -0.25) is 0 Å². The molecule has 0 unspecified atom stereocenters. The Morgan fingerprint density at radius 3 is 1.70 bits per heavy atom. The zero-order valence-electron chi connectivity index (χ0n) is 6.48. The van der Waals surface area contributed by atoms with Gasteiger partial charge in [0, 0.05) is 6.61 Å². The van der Waals surface area contributed by atoms with Crippen LogP contribution in [0.15, 0.2) is 0 Å². The second kappa shape index (κ2) is 23.2. The minimum atomic E-state index is 0. The van der Waals surface area contributed by atoms with Crippen LogP contribution in [-0.4, -0.2) is 28.1 Å². The Hall–Kier alpha value is -0.160. The highest BCUT2D eigenvalue weighted by atomic mass is 16.2. The summed E-state index contributed by atoms with van der Waals surface area (Å²) in [5.41, 5.74) is 0. The normalized spacial score (nSPS) is 6.60. The lowest BCUT2D eigenvalue weighted by Gasteiger charge is -1.90. The lowest BCUT2D eigenvalue weighted by Crippen LogP contribution is -1.80. The molecule has 0 aliphatic rings. The van der Waals surface area contributed by atoms with Crippen molar-refractivity contribution in [3.63, 3.8) is 0 Å². The van der Waals surface area contributed by atoms with E-state index in [0.717, 1.165) is 6.42 Å². The maximum atomic E-state index is 8.29. The standard InChI is InChI=1S/C6H14O.3H2O/c1-2-3-4-5-6-7;;;/h7H,2-6H2,1H3;3*1H2. The molecule has 0 rings (SSSR count). The Morgan fingerprint density at radius 2 is 1.40 bits per heavy atom. The molecule has 0 aromatic heterocycles. The summed E-state index contributed by atoms with van der Waals surface area (Å²) in [5, 5.41) is 8.29. The molecule has 0 aliphatic heterocycles. The second-order valence-corrected chi connectivity index (χ2v) is 1.78. The van der Waals surface area contributed by atoms with Crippen LogP contribution >= 0.6 is 0 Å². The smallest absolute Gasteiger partial charge is 0.0431 e. The van der Waals surface area contributed by atoms with Crippen LogP contribution in [0.25, 0.3) is 0 Å². The molecule has 0 aromatic rings. The van der Waals surface area contributed by atoms with Crippen molar-refractivity contribution >= 4 is 0 Å². The fourth-order valence-electron chi connectivity index (χ4n) is 0.539. The van der Waals surface area contributed by atoms with E-state index in [1.807, 2.05) is 0 Å². The van der Waals surface area contributed by atoms with Crippen molar-refractivity contribution < 1.29 is 21.5 Å². The van der Waals surface area contributed by atoms with Gasteiger partial charge in [-0.25, -0.2) is 0 Å². The molecule has 7 N–H and O–H groups in total. The third-order valence-electron chi connectivity index (χ3n) is 1.01. The third-order valence-corrected chi connectivity index (χ3v) is 1.01. The minimum absolute atomic E-state index is 0. The Balaban J connectivity index is -0.0000000600. The van der Waals surface area contributed by atoms with Crippen LogP contribution in [0.4, 0.5) is 0 Å². The number of rotatable bonds is 4. The van der Waals surface area contributed by atoms with Crippen molar-refractivity contribution in [2.45, 2.75) is 32.6 Å². The molecule has 0 amide bonds. The van der Waals surface area contributed by atoms with Gasteiger partial charge in [0.15, 0.2) is 0 Å². The monoisotopic (exact) mass is 156 g/mol. The van der Waals surface area contributed by atoms with Crippen molar-refractivity contribution in [3.8, 4) is 0 Å². The average Bonchev–Trinajstić information content (AvgIpc) is 1.69. The van der Waals surface area contributed by atoms with Gasteiger partial charge in [0.05, 0.1) is 0 Å². The average molecular weight is 156 g/mol. The van der Waals surface area contributed by atoms with E-state index in [1.54, 1.807) is 0 Å². The minimum Gasteiger partial charge on any atom is -0.412 e. The molecule has 10 heavy (non-hydrogen) atoms. The summed E-state index contributed by atoms with van der Waals surface area (Å²) in [6.07, 6.45) is 4.68. The van der Waals surface area contributed by atoms with Crippen molar-refractivity contribution in [1.29, 1.82) is 0 Å². The summed E-state index contributed by atoms with van der Waals surface area (Å²) in [4.78, 5) is 0. The quantitative estimate of drug-likeness (QED) is 0.521. The summed E-state index contributed by atoms with van der Waals surface area (Å²) < 4.78 is 0. The van der Waals surface area contributed by atoms with Gasteiger partial charge in [-0.1, -0.05) is 26.2 Å². The van der Waals surface area contributed by atoms with Crippen LogP contribution in [-0.2, 0) is 0 Å². The molecule has 0 fully saturated rings. The fraction of sp³-hybridized carbons (Fsp3) is 1.00. The summed E-state index contributed by atoms with van der Waals surface area (Å²) in [6.45, 7) is 2.53. The summed E-state index contributed by atoms with van der Waals surface area (Å²) in [7, 11) is 0. The number of hydrogen-bond acceptors (Lipinski definition) is 1. The largest absolute Gasteiger partial charge is 0.412 e. The molecule has 0 saturated heterocycles. The second-order valence-electron chi connectivity index (χ2n) is 1.78. The van der Waals surface area contributed by atoms with E-state index in [1.165, 1.54) is 19.3 Å². The molecule has 68 valence electrons. The number of aliphatic hydroxyl groups excluding tert-OH is 1. The SMILES string of the molecule is CCCCCCO.O.O.O. The first-order valence-corrected chi connectivity index (χ1v) is 3.02. The van der Waals surface area contributed by atoms with Gasteiger partial charge in [-0.15, -0.1) is 0 Å². The highest BCUT2D eigenvalue weighted by Gasteiger charge is 1.80. The number of hydrogen-bond donors (Lipinski definition) is 1. The first-order chi connectivity index (χ1) is 3.41. The maximum absolute atomic E-state index is 8.29. The highest BCUT2D eigenvalue weighted by Crippen LogP contribution is 1.95. The number of unbranched alkanes of at least 4 members (excludes halogenated alkanes) is 3. The highest BCUT2D eigenvalue weighted by molar-refractivity contribution is 4.35. The lowest BCUT2D eigenvalue weighted by atomic mass is 10.2. The van der Waals surface area contributed by atoms with Gasteiger partial charge < -0.3 is 21.5 Å². The maximum Gasteiger partial charge on any atom is 0.0431 e. The molecule has 0 atom stereocenters. The van der Waals surface area contributed by atoms with E-state index in [2.05, 4.69) is 6.92 Å². The van der Waals surface area contributed by atoms with Crippen molar-refractivity contribution in [2.75, 3.05) is 6.61 Å². The van der Waals surface area contributed by atoms with Crippen molar-refractivity contribution in [1.82, 2.24) is 0 Å². The van der Waals surface area contributed by atoms with E-state index >= 15 is 0 Å². The molecule has 4 nitrogen and oxygen atoms in total. The van der Waals surface area contributed by atoms with Crippen LogP contribution in [0.5, 0.6) is 0 Å². The van der Waals surface area contributed by atoms with Crippen LogP contribution in [0.2, 0.25) is 0 Å². The van der Waals surface area contributed by atoms with E-state index in [4.69, 9.17) is 5.11 Å². The molecule has 0 saturated carbocycles. The zero-order valence-corrected chi connectivity index (χ0v) is 6.48. The van der Waals surface area contributed by atoms with Crippen LogP contribution in [0.1, 0.15) is 32.6 Å². The van der Waals surface area contributed by atoms with Gasteiger partial charge in [-0.2, -0.15) is 0 Å². The first kappa shape index (κ1) is 22.5. The van der Waals surface area contributed by atoms with Gasteiger partial charge in [-0.05, 0) is 6.42 Å². The molecular weight excluding hydrogens is 136 g/mol. The molecular formula is C6H20O4. The van der Waals surface area contributed by atoms with E-state index in [0.29, 0.717) is 6.61 Å². The Labute approximate surface area is 61.8 Å². The van der Waals surface area contributed by atoms with Crippen molar-refractivity contribution in [2.24, 2.45) is 0 Å². The summed E-state index contributed by atoms with van der Waals surface area (Å²) in [6, 6.07) is 0. The van der Waals surface area contributed by atoms with Gasteiger partial charge in [0.25, 0.3) is 0 Å². The van der Waals surface area contributed by atoms with E-state index in [-0.39, 0.29) is 16.4 Å². The third kappa shape index (κ3) is 24.9. The van der Waals surface area contributed by atoms with E-state index < -0.39 is 0 Å². The molecule has 0 aromatic carbocycles. The van der Waals surface area contributed by atoms with Crippen LogP contribution in [0.3, 0.4) is 0 Å². The molecule has 0 bridgehead atoms. The van der Waals surface area contributed by atoms with Gasteiger partial charge >= 0.3 is 0 Å². The predicted molar refractivity (Wildman–Crippen MR) is 42.1 cm³/mol. The molecule has 0 heterocycles. The van der Waals surface area contributed by atoms with Gasteiger partial charge in [0.2, 0.25) is 0 Å². The molecule has 4 heteroatoms. The molecule has 0 aliphatic carbocycles. The number of aliphatic hydroxyl groups is 1. The van der Waals surface area contributed by atoms with E-state index in [9.17, 15) is 0 Å². The van der Waals surface area contributed by atoms with Gasteiger partial charge in [0.1, 0.15) is 0 Å². The zero-order chi connectivity index (χ0) is 5.54. The lowest BCUT2D eigenvalue weighted by molar-refractivity contribution is 0.283. The molecule has 0 spiro atoms. The Bertz CT molecular complexity index is 28.9. The van der Waals surface area contributed by atoms with Crippen LogP contribution < -0.4 is 0 Å². The van der Waals surface area contributed by atoms with Crippen LogP contribution in [0, 0.1) is 0 Å². The summed E-state index contributed by atoms with van der Waals surface area (Å²) >= 11 is 0. The molecule has 0 radical (unpaired) electrons. The Morgan fingerprint density at radius 1 is 0.900 bits per heavy atom. The summed E-state index contributed by atoms with van der Waals surface area (Å²) in [5.74, 6) is 0. The Kier molecular flexibility index (Phi) is 52.3. The predicted octanol–water partition coefficient (Wildman–Crippen LogP) is -0.915. The topological polar surface area (TPSA) is 115 Å². The van der Waals surface area contributed by atoms with Crippen molar-refractivity contribution in [3.05, 3.63) is 0 Å².